The van der Waals surface area contributed by atoms with E-state index in [0.717, 1.165) is 29.7 Å². The Morgan fingerprint density at radius 1 is 1.08 bits per heavy atom. The monoisotopic (exact) mass is 438 g/mol. The summed E-state index contributed by atoms with van der Waals surface area (Å²) in [5.41, 5.74) is 2.48. The van der Waals surface area contributed by atoms with Gasteiger partial charge in [-0.3, -0.25) is 9.52 Å². The smallest absolute Gasteiger partial charge is 0.262 e. The molecule has 0 fully saturated rings. The first kappa shape index (κ1) is 17.5. The molecular weight excluding hydrogens is 423 g/mol. The van der Waals surface area contributed by atoms with Gasteiger partial charge in [-0.25, -0.2) is 12.8 Å². The van der Waals surface area contributed by atoms with E-state index >= 15 is 0 Å². The molecule has 4 rings (SSSR count). The van der Waals surface area contributed by atoms with Gasteiger partial charge in [-0.1, -0.05) is 15.9 Å². The molecule has 2 aromatic rings. The lowest BCUT2D eigenvalue weighted by Crippen LogP contribution is -2.39. The van der Waals surface area contributed by atoms with Gasteiger partial charge in [0.2, 0.25) is 5.91 Å². The van der Waals surface area contributed by atoms with Crippen LogP contribution in [-0.2, 0) is 27.7 Å². The first-order chi connectivity index (χ1) is 12.3. The Morgan fingerprint density at radius 3 is 2.54 bits per heavy atom. The molecule has 1 amide bonds. The highest BCUT2D eigenvalue weighted by atomic mass is 79.9. The average Bonchev–Trinajstić information content (AvgIpc) is 2.60. The van der Waals surface area contributed by atoms with Gasteiger partial charge in [-0.15, -0.1) is 0 Å². The summed E-state index contributed by atoms with van der Waals surface area (Å²) in [6.45, 7) is 0.674. The number of sulfonamides is 1. The third-order valence-electron chi connectivity index (χ3n) is 4.73. The summed E-state index contributed by atoms with van der Waals surface area (Å²) in [7, 11) is -3.93. The number of hydrogen-bond donors (Lipinski definition) is 1. The van der Waals surface area contributed by atoms with Gasteiger partial charge in [0.25, 0.3) is 10.0 Å². The molecule has 2 aliphatic heterocycles. The molecule has 0 radical (unpaired) electrons. The van der Waals surface area contributed by atoms with Crippen LogP contribution in [-0.4, -0.2) is 20.9 Å². The second-order valence-electron chi connectivity index (χ2n) is 6.47. The first-order valence-electron chi connectivity index (χ1n) is 8.29. The molecule has 26 heavy (non-hydrogen) atoms. The summed E-state index contributed by atoms with van der Waals surface area (Å²) in [5, 5.41) is 0. The van der Waals surface area contributed by atoms with Crippen LogP contribution in [0.4, 0.5) is 15.8 Å². The fraction of sp³-hybridized carbons (Fsp3) is 0.278. The fourth-order valence-electron chi connectivity index (χ4n) is 3.55. The molecule has 0 aromatic heterocycles. The lowest BCUT2D eigenvalue weighted by Gasteiger charge is -2.35. The molecule has 0 unspecified atom stereocenters. The number of anilines is 2. The predicted octanol–water partition coefficient (Wildman–Crippen LogP) is 3.61. The van der Waals surface area contributed by atoms with Crippen molar-refractivity contribution >= 4 is 43.2 Å². The van der Waals surface area contributed by atoms with Crippen LogP contribution in [0.5, 0.6) is 0 Å². The minimum absolute atomic E-state index is 0.0871. The normalized spacial score (nSPS) is 16.4. The molecule has 136 valence electrons. The highest BCUT2D eigenvalue weighted by Gasteiger charge is 2.31. The van der Waals surface area contributed by atoms with Gasteiger partial charge >= 0.3 is 0 Å². The third-order valence-corrected chi connectivity index (χ3v) is 6.57. The van der Waals surface area contributed by atoms with E-state index in [2.05, 4.69) is 20.7 Å². The zero-order chi connectivity index (χ0) is 18.5. The number of halogens is 2. The van der Waals surface area contributed by atoms with Crippen molar-refractivity contribution in [2.45, 2.75) is 30.6 Å². The zero-order valence-corrected chi connectivity index (χ0v) is 16.2. The van der Waals surface area contributed by atoms with E-state index < -0.39 is 15.8 Å². The fourth-order valence-corrected chi connectivity index (χ4v) is 5.05. The average molecular weight is 439 g/mol. The molecule has 0 saturated carbocycles. The second-order valence-corrected chi connectivity index (χ2v) is 9.07. The van der Waals surface area contributed by atoms with E-state index in [9.17, 15) is 17.6 Å². The molecule has 2 heterocycles. The molecule has 0 spiro atoms. The Hall–Kier alpha value is -1.93. The maximum Gasteiger partial charge on any atom is 0.262 e. The Kier molecular flexibility index (Phi) is 4.27. The summed E-state index contributed by atoms with van der Waals surface area (Å²) in [6, 6.07) is 7.35. The van der Waals surface area contributed by atoms with Crippen LogP contribution in [0.25, 0.3) is 0 Å². The summed E-state index contributed by atoms with van der Waals surface area (Å²) in [4.78, 5) is 14.0. The van der Waals surface area contributed by atoms with Crippen molar-refractivity contribution in [3.05, 3.63) is 51.7 Å². The molecule has 8 heteroatoms. The number of carbonyl (C=O) groups excluding carboxylic acids is 1. The van der Waals surface area contributed by atoms with E-state index in [1.165, 1.54) is 12.1 Å². The third kappa shape index (κ3) is 3.01. The van der Waals surface area contributed by atoms with Crippen molar-refractivity contribution in [1.29, 1.82) is 0 Å². The highest BCUT2D eigenvalue weighted by molar-refractivity contribution is 9.10. The number of aryl methyl sites for hydroxylation is 2. The quantitative estimate of drug-likeness (QED) is 0.795. The Bertz CT molecular complexity index is 1010. The van der Waals surface area contributed by atoms with Crippen LogP contribution in [0.2, 0.25) is 0 Å². The summed E-state index contributed by atoms with van der Waals surface area (Å²) in [6.07, 6.45) is 2.43. The minimum atomic E-state index is -3.93. The first-order valence-corrected chi connectivity index (χ1v) is 10.6. The van der Waals surface area contributed by atoms with Crippen LogP contribution in [0.1, 0.15) is 24.0 Å². The van der Waals surface area contributed by atoms with Gasteiger partial charge in [0.15, 0.2) is 0 Å². The van der Waals surface area contributed by atoms with Crippen LogP contribution < -0.4 is 9.62 Å². The number of benzene rings is 2. The van der Waals surface area contributed by atoms with Crippen LogP contribution in [0.15, 0.2) is 39.7 Å². The van der Waals surface area contributed by atoms with Gasteiger partial charge in [-0.2, -0.15) is 0 Å². The van der Waals surface area contributed by atoms with Crippen molar-refractivity contribution in [3.63, 3.8) is 0 Å². The number of carbonyl (C=O) groups is 1. The molecular formula is C18H16BrFN2O3S. The molecule has 1 N–H and O–H groups in total. The summed E-state index contributed by atoms with van der Waals surface area (Å²) in [5.74, 6) is -0.567. The topological polar surface area (TPSA) is 66.5 Å². The van der Waals surface area contributed by atoms with Crippen molar-refractivity contribution in [2.75, 3.05) is 16.2 Å². The molecule has 0 saturated heterocycles. The Labute approximate surface area is 159 Å². The maximum absolute atomic E-state index is 14.0. The van der Waals surface area contributed by atoms with Crippen LogP contribution in [0.3, 0.4) is 0 Å². The lowest BCUT2D eigenvalue weighted by atomic mass is 9.92. The molecule has 0 atom stereocenters. The predicted molar refractivity (Wildman–Crippen MR) is 100 cm³/mol. The van der Waals surface area contributed by atoms with Crippen molar-refractivity contribution in [1.82, 2.24) is 0 Å². The van der Waals surface area contributed by atoms with Gasteiger partial charge in [0.05, 0.1) is 16.3 Å². The van der Waals surface area contributed by atoms with E-state index in [4.69, 9.17) is 0 Å². The van der Waals surface area contributed by atoms with Crippen LogP contribution in [0, 0.1) is 5.82 Å². The Morgan fingerprint density at radius 2 is 1.81 bits per heavy atom. The number of hydrogen-bond acceptors (Lipinski definition) is 3. The van der Waals surface area contributed by atoms with E-state index in [1.807, 2.05) is 0 Å². The van der Waals surface area contributed by atoms with E-state index in [1.54, 1.807) is 23.1 Å². The summed E-state index contributed by atoms with van der Waals surface area (Å²) < 4.78 is 42.4. The van der Waals surface area contributed by atoms with Gasteiger partial charge in [0.1, 0.15) is 5.82 Å². The van der Waals surface area contributed by atoms with Crippen molar-refractivity contribution < 1.29 is 17.6 Å². The van der Waals surface area contributed by atoms with Crippen LogP contribution >= 0.6 is 15.9 Å². The number of rotatable bonds is 3. The zero-order valence-electron chi connectivity index (χ0n) is 13.8. The van der Waals surface area contributed by atoms with Gasteiger partial charge in [-0.05, 0) is 60.7 Å². The number of amides is 1. The number of nitrogens with zero attached hydrogens (tertiary/aromatic N) is 1. The summed E-state index contributed by atoms with van der Waals surface area (Å²) >= 11 is 3.15. The SMILES string of the molecule is O=C1CCc2cc(S(=O)(=O)Nc3ccc(Br)cc3F)cc3c2N1CCC3. The largest absolute Gasteiger partial charge is 0.312 e. The maximum atomic E-state index is 14.0. The van der Waals surface area contributed by atoms with E-state index in [0.29, 0.717) is 23.9 Å². The number of nitrogens with one attached hydrogen (secondary N) is 1. The Balaban J connectivity index is 1.75. The minimum Gasteiger partial charge on any atom is -0.312 e. The van der Waals surface area contributed by atoms with Crippen molar-refractivity contribution in [2.24, 2.45) is 0 Å². The van der Waals surface area contributed by atoms with E-state index in [-0.39, 0.29) is 16.5 Å². The molecule has 0 bridgehead atoms. The molecule has 2 aromatic carbocycles. The molecule has 5 nitrogen and oxygen atoms in total. The van der Waals surface area contributed by atoms with Gasteiger partial charge < -0.3 is 4.90 Å². The standard InChI is InChI=1S/C18H16BrFN2O3S/c19-13-4-5-16(15(20)10-13)21-26(24,25)14-8-11-2-1-7-22-17(23)6-3-12(9-14)18(11)22/h4-5,8-10,21H,1-3,6-7H2. The lowest BCUT2D eigenvalue weighted by molar-refractivity contribution is -0.119. The second kappa shape index (κ2) is 6.35. The molecule has 2 aliphatic rings. The molecule has 0 aliphatic carbocycles. The van der Waals surface area contributed by atoms with Crippen molar-refractivity contribution in [3.8, 4) is 0 Å². The highest BCUT2D eigenvalue weighted by Crippen LogP contribution is 2.38. The van der Waals surface area contributed by atoms with Gasteiger partial charge in [0, 0.05) is 17.4 Å².